The van der Waals surface area contributed by atoms with Crippen molar-refractivity contribution in [2.75, 3.05) is 13.1 Å². The van der Waals surface area contributed by atoms with Gasteiger partial charge in [0.2, 0.25) is 5.95 Å². The molecular formula is C19H21FN4. The fraction of sp³-hybridized carbons (Fsp3) is 0.368. The van der Waals surface area contributed by atoms with Crippen LogP contribution in [0.3, 0.4) is 0 Å². The summed E-state index contributed by atoms with van der Waals surface area (Å²) in [5.41, 5.74) is 3.93. The molecule has 24 heavy (non-hydrogen) atoms. The first-order chi connectivity index (χ1) is 11.7. The van der Waals surface area contributed by atoms with Crippen LogP contribution in [0.1, 0.15) is 25.5 Å². The predicted octanol–water partition coefficient (Wildman–Crippen LogP) is 3.56. The lowest BCUT2D eigenvalue weighted by atomic mass is 10.1. The summed E-state index contributed by atoms with van der Waals surface area (Å²) in [5.74, 6) is -0.459. The van der Waals surface area contributed by atoms with Crippen LogP contribution < -0.4 is 0 Å². The van der Waals surface area contributed by atoms with Gasteiger partial charge in [-0.15, -0.1) is 0 Å². The summed E-state index contributed by atoms with van der Waals surface area (Å²) >= 11 is 0. The molecule has 0 radical (unpaired) electrons. The van der Waals surface area contributed by atoms with Crippen molar-refractivity contribution in [3.05, 3.63) is 54.5 Å². The van der Waals surface area contributed by atoms with Crippen LogP contribution in [-0.2, 0) is 6.42 Å². The Bertz CT molecular complexity index is 840. The topological polar surface area (TPSA) is 33.4 Å². The fourth-order valence-corrected chi connectivity index (χ4v) is 3.46. The molecule has 1 atom stereocenters. The van der Waals surface area contributed by atoms with Crippen LogP contribution in [-0.4, -0.2) is 38.4 Å². The molecule has 4 nitrogen and oxygen atoms in total. The van der Waals surface area contributed by atoms with Gasteiger partial charge in [0.05, 0.1) is 5.69 Å². The van der Waals surface area contributed by atoms with Gasteiger partial charge in [-0.3, -0.25) is 0 Å². The Balaban J connectivity index is 1.53. The minimum atomic E-state index is -0.459. The number of aromatic nitrogens is 3. The Morgan fingerprint density at radius 3 is 2.92 bits per heavy atom. The lowest BCUT2D eigenvalue weighted by Crippen LogP contribution is -2.29. The first-order valence-corrected chi connectivity index (χ1v) is 8.53. The zero-order valence-corrected chi connectivity index (χ0v) is 13.8. The third-order valence-electron chi connectivity index (χ3n) is 4.92. The number of pyridine rings is 2. The summed E-state index contributed by atoms with van der Waals surface area (Å²) in [6.07, 6.45) is 9.24. The van der Waals surface area contributed by atoms with Crippen molar-refractivity contribution < 1.29 is 4.39 Å². The third-order valence-corrected chi connectivity index (χ3v) is 4.92. The molecule has 4 heterocycles. The summed E-state index contributed by atoms with van der Waals surface area (Å²) in [6.45, 7) is 4.58. The van der Waals surface area contributed by atoms with E-state index >= 15 is 0 Å². The average Bonchev–Trinajstić information content (AvgIpc) is 3.18. The van der Waals surface area contributed by atoms with E-state index in [1.807, 2.05) is 22.7 Å². The molecule has 0 amide bonds. The van der Waals surface area contributed by atoms with E-state index in [2.05, 4.69) is 23.0 Å². The molecule has 1 aliphatic heterocycles. The molecule has 0 bridgehead atoms. The molecule has 3 aromatic rings. The van der Waals surface area contributed by atoms with Gasteiger partial charge >= 0.3 is 0 Å². The first-order valence-electron chi connectivity index (χ1n) is 8.53. The van der Waals surface area contributed by atoms with Gasteiger partial charge in [-0.1, -0.05) is 0 Å². The highest BCUT2D eigenvalue weighted by molar-refractivity contribution is 5.66. The molecule has 0 spiro atoms. The smallest absolute Gasteiger partial charge is 0.212 e. The van der Waals surface area contributed by atoms with Crippen molar-refractivity contribution in [3.8, 4) is 11.1 Å². The number of rotatable bonds is 4. The first kappa shape index (κ1) is 15.3. The monoisotopic (exact) mass is 324 g/mol. The zero-order valence-electron chi connectivity index (χ0n) is 13.8. The van der Waals surface area contributed by atoms with Gasteiger partial charge < -0.3 is 9.30 Å². The van der Waals surface area contributed by atoms with E-state index in [1.165, 1.54) is 25.5 Å². The fourth-order valence-electron chi connectivity index (χ4n) is 3.46. The van der Waals surface area contributed by atoms with E-state index < -0.39 is 5.95 Å². The summed E-state index contributed by atoms with van der Waals surface area (Å²) in [4.78, 5) is 11.0. The number of halogens is 1. The van der Waals surface area contributed by atoms with Crippen molar-refractivity contribution in [2.45, 2.75) is 32.2 Å². The van der Waals surface area contributed by atoms with Crippen LogP contribution in [0.25, 0.3) is 16.8 Å². The second-order valence-corrected chi connectivity index (χ2v) is 6.56. The maximum atomic E-state index is 13.0. The number of nitrogens with zero attached hydrogens (tertiary/aromatic N) is 4. The normalized spacial score (nSPS) is 18.5. The van der Waals surface area contributed by atoms with Crippen LogP contribution in [0, 0.1) is 5.95 Å². The number of fused-ring (bicyclic) bond motifs is 1. The molecule has 3 aromatic heterocycles. The molecule has 1 saturated heterocycles. The molecule has 0 aromatic carbocycles. The molecule has 124 valence electrons. The molecule has 0 aliphatic carbocycles. The average molecular weight is 324 g/mol. The Kier molecular flexibility index (Phi) is 4.02. The van der Waals surface area contributed by atoms with Gasteiger partial charge in [-0.05, 0) is 56.1 Å². The maximum Gasteiger partial charge on any atom is 0.212 e. The summed E-state index contributed by atoms with van der Waals surface area (Å²) in [6, 6.07) is 7.85. The van der Waals surface area contributed by atoms with Gasteiger partial charge in [-0.2, -0.15) is 4.39 Å². The van der Waals surface area contributed by atoms with Gasteiger partial charge in [0.15, 0.2) is 0 Å². The second kappa shape index (κ2) is 6.32. The standard InChI is InChI=1S/C19H21FN4/c1-14-3-2-8-23(14)10-7-17-13-24-9-6-15(11-19(24)22-17)16-4-5-18(20)21-12-16/h4-6,9,11-14H,2-3,7-8,10H2,1H3. The summed E-state index contributed by atoms with van der Waals surface area (Å²) < 4.78 is 15.0. The van der Waals surface area contributed by atoms with Gasteiger partial charge in [0.1, 0.15) is 5.65 Å². The van der Waals surface area contributed by atoms with E-state index in [-0.39, 0.29) is 0 Å². The number of hydrogen-bond acceptors (Lipinski definition) is 3. The van der Waals surface area contributed by atoms with E-state index in [0.29, 0.717) is 6.04 Å². The van der Waals surface area contributed by atoms with Crippen LogP contribution >= 0.6 is 0 Å². The van der Waals surface area contributed by atoms with Crippen molar-refractivity contribution >= 4 is 5.65 Å². The summed E-state index contributed by atoms with van der Waals surface area (Å²) in [7, 11) is 0. The van der Waals surface area contributed by atoms with Gasteiger partial charge in [0, 0.05) is 43.2 Å². The predicted molar refractivity (Wildman–Crippen MR) is 92.4 cm³/mol. The summed E-state index contributed by atoms with van der Waals surface area (Å²) in [5, 5.41) is 0. The largest absolute Gasteiger partial charge is 0.307 e. The highest BCUT2D eigenvalue weighted by atomic mass is 19.1. The molecular weight excluding hydrogens is 303 g/mol. The second-order valence-electron chi connectivity index (χ2n) is 6.56. The van der Waals surface area contributed by atoms with Crippen LogP contribution in [0.5, 0.6) is 0 Å². The minimum Gasteiger partial charge on any atom is -0.307 e. The van der Waals surface area contributed by atoms with Crippen molar-refractivity contribution in [1.82, 2.24) is 19.3 Å². The highest BCUT2D eigenvalue weighted by Crippen LogP contribution is 2.21. The SMILES string of the molecule is CC1CCCN1CCc1cn2ccc(-c3ccc(F)nc3)cc2n1. The minimum absolute atomic E-state index is 0.459. The Morgan fingerprint density at radius 1 is 1.25 bits per heavy atom. The van der Waals surface area contributed by atoms with Crippen LogP contribution in [0.15, 0.2) is 42.9 Å². The third kappa shape index (κ3) is 3.04. The molecule has 5 heteroatoms. The molecule has 1 unspecified atom stereocenters. The van der Waals surface area contributed by atoms with Crippen LogP contribution in [0.2, 0.25) is 0 Å². The van der Waals surface area contributed by atoms with E-state index in [4.69, 9.17) is 4.98 Å². The van der Waals surface area contributed by atoms with Gasteiger partial charge in [-0.25, -0.2) is 9.97 Å². The van der Waals surface area contributed by atoms with Crippen molar-refractivity contribution in [2.24, 2.45) is 0 Å². The van der Waals surface area contributed by atoms with E-state index in [9.17, 15) is 4.39 Å². The molecule has 4 rings (SSSR count). The highest BCUT2D eigenvalue weighted by Gasteiger charge is 2.19. The molecule has 1 aliphatic rings. The Labute approximate surface area is 141 Å². The Hall–Kier alpha value is -2.27. The quantitative estimate of drug-likeness (QED) is 0.688. The molecule has 0 saturated carbocycles. The molecule has 0 N–H and O–H groups in total. The van der Waals surface area contributed by atoms with E-state index in [0.717, 1.165) is 35.4 Å². The number of likely N-dealkylation sites (tertiary alicyclic amines) is 1. The lowest BCUT2D eigenvalue weighted by Gasteiger charge is -2.19. The van der Waals surface area contributed by atoms with Gasteiger partial charge in [0.25, 0.3) is 0 Å². The van der Waals surface area contributed by atoms with E-state index in [1.54, 1.807) is 12.3 Å². The number of hydrogen-bond donors (Lipinski definition) is 0. The van der Waals surface area contributed by atoms with Crippen molar-refractivity contribution in [1.29, 1.82) is 0 Å². The molecule has 1 fully saturated rings. The Morgan fingerprint density at radius 2 is 2.17 bits per heavy atom. The number of imidazole rings is 1. The lowest BCUT2D eigenvalue weighted by molar-refractivity contribution is 0.271. The van der Waals surface area contributed by atoms with Crippen molar-refractivity contribution in [3.63, 3.8) is 0 Å². The maximum absolute atomic E-state index is 13.0. The zero-order chi connectivity index (χ0) is 16.5. The van der Waals surface area contributed by atoms with Crippen LogP contribution in [0.4, 0.5) is 4.39 Å².